The van der Waals surface area contributed by atoms with Gasteiger partial charge in [0, 0.05) is 24.0 Å². The monoisotopic (exact) mass is 274 g/mol. The van der Waals surface area contributed by atoms with Crippen molar-refractivity contribution in [1.82, 2.24) is 4.90 Å². The van der Waals surface area contributed by atoms with E-state index >= 15 is 0 Å². The van der Waals surface area contributed by atoms with E-state index in [9.17, 15) is 4.79 Å². The fourth-order valence-electron chi connectivity index (χ4n) is 1.88. The van der Waals surface area contributed by atoms with E-state index in [2.05, 4.69) is 6.07 Å². The van der Waals surface area contributed by atoms with Crippen molar-refractivity contribution in [2.45, 2.75) is 19.5 Å². The van der Waals surface area contributed by atoms with Gasteiger partial charge < -0.3 is 10.6 Å². The summed E-state index contributed by atoms with van der Waals surface area (Å²) in [6.45, 7) is 2.54. The summed E-state index contributed by atoms with van der Waals surface area (Å²) in [7, 11) is 1.84. The topological polar surface area (TPSA) is 46.3 Å². The Morgan fingerprint density at radius 3 is 2.53 bits per heavy atom. The Labute approximate surface area is 117 Å². The molecule has 1 unspecified atom stereocenters. The second-order valence-corrected chi connectivity index (χ2v) is 5.49. The molecule has 0 aliphatic heterocycles. The molecule has 100 valence electrons. The van der Waals surface area contributed by atoms with Crippen LogP contribution in [0.1, 0.15) is 33.8 Å². The second-order valence-electron chi connectivity index (χ2n) is 4.51. The molecule has 1 heterocycles. The standard InChI is InChI=1S/C15H18N2OS/c1-11(14-4-3-9-19-14)17(2)15(18)13-7-5-12(10-16)6-8-13/h3-9,11H,10,16H2,1-2H3. The third-order valence-corrected chi connectivity index (χ3v) is 4.34. The van der Waals surface area contributed by atoms with Crippen LogP contribution in [-0.4, -0.2) is 17.9 Å². The van der Waals surface area contributed by atoms with Crippen molar-refractivity contribution in [2.24, 2.45) is 5.73 Å². The smallest absolute Gasteiger partial charge is 0.254 e. The van der Waals surface area contributed by atoms with Gasteiger partial charge in [0.2, 0.25) is 0 Å². The van der Waals surface area contributed by atoms with Crippen molar-refractivity contribution < 1.29 is 4.79 Å². The first-order valence-corrected chi connectivity index (χ1v) is 7.11. The normalized spacial score (nSPS) is 12.2. The maximum Gasteiger partial charge on any atom is 0.254 e. The number of hydrogen-bond donors (Lipinski definition) is 1. The Hall–Kier alpha value is -1.65. The molecule has 3 nitrogen and oxygen atoms in total. The highest BCUT2D eigenvalue weighted by atomic mass is 32.1. The molecular formula is C15H18N2OS. The lowest BCUT2D eigenvalue weighted by Gasteiger charge is -2.24. The SMILES string of the molecule is CC(c1cccs1)N(C)C(=O)c1ccc(CN)cc1. The molecule has 0 saturated carbocycles. The van der Waals surface area contributed by atoms with Crippen LogP contribution in [0.3, 0.4) is 0 Å². The van der Waals surface area contributed by atoms with Crippen LogP contribution in [0, 0.1) is 0 Å². The number of carbonyl (C=O) groups is 1. The minimum absolute atomic E-state index is 0.0319. The molecule has 0 bridgehead atoms. The van der Waals surface area contributed by atoms with Crippen LogP contribution in [0.4, 0.5) is 0 Å². The molecule has 2 N–H and O–H groups in total. The number of hydrogen-bond acceptors (Lipinski definition) is 3. The van der Waals surface area contributed by atoms with E-state index in [-0.39, 0.29) is 11.9 Å². The van der Waals surface area contributed by atoms with Crippen molar-refractivity contribution in [3.05, 3.63) is 57.8 Å². The van der Waals surface area contributed by atoms with Gasteiger partial charge in [0.25, 0.3) is 5.91 Å². The van der Waals surface area contributed by atoms with E-state index in [0.29, 0.717) is 12.1 Å². The van der Waals surface area contributed by atoms with Crippen molar-refractivity contribution >= 4 is 17.2 Å². The lowest BCUT2D eigenvalue weighted by molar-refractivity contribution is 0.0745. The van der Waals surface area contributed by atoms with Gasteiger partial charge in [-0.3, -0.25) is 4.79 Å². The fraction of sp³-hybridized carbons (Fsp3) is 0.267. The molecule has 0 fully saturated rings. The van der Waals surface area contributed by atoms with E-state index in [0.717, 1.165) is 5.56 Å². The third kappa shape index (κ3) is 3.03. The van der Waals surface area contributed by atoms with E-state index in [1.165, 1.54) is 4.88 Å². The average Bonchev–Trinajstić information content (AvgIpc) is 2.99. The summed E-state index contributed by atoms with van der Waals surface area (Å²) >= 11 is 1.67. The highest BCUT2D eigenvalue weighted by Crippen LogP contribution is 2.24. The zero-order chi connectivity index (χ0) is 13.8. The predicted octanol–water partition coefficient (Wildman–Crippen LogP) is 3.04. The summed E-state index contributed by atoms with van der Waals surface area (Å²) in [5.41, 5.74) is 7.28. The van der Waals surface area contributed by atoms with Gasteiger partial charge in [-0.25, -0.2) is 0 Å². The quantitative estimate of drug-likeness (QED) is 0.931. The fourth-order valence-corrected chi connectivity index (χ4v) is 2.71. The molecule has 19 heavy (non-hydrogen) atoms. The van der Waals surface area contributed by atoms with Crippen LogP contribution in [0.25, 0.3) is 0 Å². The van der Waals surface area contributed by atoms with Gasteiger partial charge in [0.05, 0.1) is 6.04 Å². The molecule has 0 saturated heterocycles. The van der Waals surface area contributed by atoms with Crippen LogP contribution >= 0.6 is 11.3 Å². The summed E-state index contributed by atoms with van der Waals surface area (Å²) in [6, 6.07) is 11.6. The first kappa shape index (κ1) is 13.8. The average molecular weight is 274 g/mol. The Kier molecular flexibility index (Phi) is 4.35. The molecular weight excluding hydrogens is 256 g/mol. The second kappa shape index (κ2) is 5.99. The molecule has 0 aliphatic rings. The zero-order valence-corrected chi connectivity index (χ0v) is 12.0. The summed E-state index contributed by atoms with van der Waals surface area (Å²) in [5.74, 6) is 0.0319. The maximum absolute atomic E-state index is 12.4. The summed E-state index contributed by atoms with van der Waals surface area (Å²) in [5, 5.41) is 2.03. The molecule has 1 atom stereocenters. The Balaban J connectivity index is 2.14. The van der Waals surface area contributed by atoms with Crippen LogP contribution in [0.5, 0.6) is 0 Å². The van der Waals surface area contributed by atoms with Gasteiger partial charge in [-0.15, -0.1) is 11.3 Å². The van der Waals surface area contributed by atoms with Gasteiger partial charge in [-0.05, 0) is 36.1 Å². The molecule has 4 heteroatoms. The van der Waals surface area contributed by atoms with Crippen LogP contribution in [-0.2, 0) is 6.54 Å². The molecule has 1 aromatic heterocycles. The lowest BCUT2D eigenvalue weighted by Crippen LogP contribution is -2.29. The number of rotatable bonds is 4. The predicted molar refractivity (Wildman–Crippen MR) is 79.2 cm³/mol. The molecule has 1 amide bonds. The van der Waals surface area contributed by atoms with Gasteiger partial charge in [-0.2, -0.15) is 0 Å². The minimum atomic E-state index is 0.0319. The summed E-state index contributed by atoms with van der Waals surface area (Å²) < 4.78 is 0. The third-order valence-electron chi connectivity index (χ3n) is 3.29. The molecule has 1 aromatic carbocycles. The Morgan fingerprint density at radius 2 is 2.00 bits per heavy atom. The van der Waals surface area contributed by atoms with E-state index < -0.39 is 0 Å². The van der Waals surface area contributed by atoms with Gasteiger partial charge in [0.15, 0.2) is 0 Å². The highest BCUT2D eigenvalue weighted by molar-refractivity contribution is 7.10. The van der Waals surface area contributed by atoms with Crippen molar-refractivity contribution in [1.29, 1.82) is 0 Å². The number of nitrogens with zero attached hydrogens (tertiary/aromatic N) is 1. The van der Waals surface area contributed by atoms with Crippen LogP contribution in [0.2, 0.25) is 0 Å². The Bertz CT molecular complexity index is 534. The van der Waals surface area contributed by atoms with Gasteiger partial charge in [-0.1, -0.05) is 18.2 Å². The number of thiophene rings is 1. The number of carbonyl (C=O) groups excluding carboxylic acids is 1. The lowest BCUT2D eigenvalue weighted by atomic mass is 10.1. The Morgan fingerprint density at radius 1 is 1.32 bits per heavy atom. The van der Waals surface area contributed by atoms with Crippen LogP contribution in [0.15, 0.2) is 41.8 Å². The number of amides is 1. The highest BCUT2D eigenvalue weighted by Gasteiger charge is 2.19. The van der Waals surface area contributed by atoms with E-state index in [4.69, 9.17) is 5.73 Å². The molecule has 2 rings (SSSR count). The summed E-state index contributed by atoms with van der Waals surface area (Å²) in [4.78, 5) is 15.3. The van der Waals surface area contributed by atoms with Crippen molar-refractivity contribution in [2.75, 3.05) is 7.05 Å². The van der Waals surface area contributed by atoms with E-state index in [1.54, 1.807) is 16.2 Å². The number of nitrogens with two attached hydrogens (primary N) is 1. The molecule has 0 aliphatic carbocycles. The summed E-state index contributed by atoms with van der Waals surface area (Å²) in [6.07, 6.45) is 0. The molecule has 0 spiro atoms. The van der Waals surface area contributed by atoms with Crippen LogP contribution < -0.4 is 5.73 Å². The zero-order valence-electron chi connectivity index (χ0n) is 11.2. The first-order valence-electron chi connectivity index (χ1n) is 6.23. The van der Waals surface area contributed by atoms with E-state index in [1.807, 2.05) is 49.7 Å². The molecule has 0 radical (unpaired) electrons. The first-order chi connectivity index (χ1) is 9.13. The largest absolute Gasteiger partial charge is 0.334 e. The molecule has 2 aromatic rings. The maximum atomic E-state index is 12.4. The number of benzene rings is 1. The van der Waals surface area contributed by atoms with Gasteiger partial charge >= 0.3 is 0 Å². The minimum Gasteiger partial charge on any atom is -0.334 e. The van der Waals surface area contributed by atoms with Gasteiger partial charge in [0.1, 0.15) is 0 Å². The van der Waals surface area contributed by atoms with Crippen molar-refractivity contribution in [3.63, 3.8) is 0 Å². The van der Waals surface area contributed by atoms with Crippen molar-refractivity contribution in [3.8, 4) is 0 Å².